The highest BCUT2D eigenvalue weighted by Crippen LogP contribution is 2.48. The average molecular weight is 424 g/mol. The summed E-state index contributed by atoms with van der Waals surface area (Å²) in [6, 6.07) is 7.21. The highest BCUT2D eigenvalue weighted by atomic mass is 31.2. The monoisotopic (exact) mass is 424 g/mol. The topological polar surface area (TPSA) is 88.1 Å². The minimum atomic E-state index is -3.50. The summed E-state index contributed by atoms with van der Waals surface area (Å²) < 4.78 is 34.5. The van der Waals surface area contributed by atoms with Gasteiger partial charge in [-0.2, -0.15) is 0 Å². The van der Waals surface area contributed by atoms with Gasteiger partial charge in [-0.15, -0.1) is 0 Å². The summed E-state index contributed by atoms with van der Waals surface area (Å²) >= 11 is 0. The molecule has 0 aromatic heterocycles. The van der Waals surface area contributed by atoms with Crippen molar-refractivity contribution in [2.24, 2.45) is 0 Å². The maximum atomic E-state index is 13.4. The SMILES string of the molecule is C=CC(=O)OCCCCOP(=O)(OCCCCOC(=O)C=C)c1ccccc1C. The van der Waals surface area contributed by atoms with Gasteiger partial charge in [-0.1, -0.05) is 31.4 Å². The molecule has 0 aliphatic carbocycles. The third-order valence-corrected chi connectivity index (χ3v) is 5.97. The minimum Gasteiger partial charge on any atom is -0.463 e. The number of carbonyl (C=O) groups is 2. The van der Waals surface area contributed by atoms with Crippen molar-refractivity contribution in [2.45, 2.75) is 32.6 Å². The maximum absolute atomic E-state index is 13.4. The van der Waals surface area contributed by atoms with E-state index in [1.54, 1.807) is 12.1 Å². The van der Waals surface area contributed by atoms with Crippen LogP contribution in [0.3, 0.4) is 0 Å². The molecule has 0 saturated carbocycles. The fourth-order valence-corrected chi connectivity index (χ4v) is 4.15. The second-order valence-corrected chi connectivity index (χ2v) is 8.10. The van der Waals surface area contributed by atoms with Gasteiger partial charge in [-0.05, 0) is 44.2 Å². The van der Waals surface area contributed by atoms with E-state index in [0.29, 0.717) is 31.0 Å². The molecule has 0 aliphatic rings. The van der Waals surface area contributed by atoms with Crippen LogP contribution in [0.1, 0.15) is 31.2 Å². The van der Waals surface area contributed by atoms with Crippen molar-refractivity contribution in [1.29, 1.82) is 0 Å². The Labute approximate surface area is 172 Å². The van der Waals surface area contributed by atoms with E-state index in [1.165, 1.54) is 0 Å². The van der Waals surface area contributed by atoms with Gasteiger partial charge in [0.2, 0.25) is 0 Å². The first-order valence-corrected chi connectivity index (χ1v) is 11.0. The van der Waals surface area contributed by atoms with Crippen LogP contribution in [0.15, 0.2) is 49.6 Å². The summed E-state index contributed by atoms with van der Waals surface area (Å²) in [7, 11) is -3.50. The Balaban J connectivity index is 2.53. The lowest BCUT2D eigenvalue weighted by Crippen LogP contribution is -2.15. The molecule has 8 heteroatoms. The number of aryl methyl sites for hydroxylation is 1. The van der Waals surface area contributed by atoms with E-state index >= 15 is 0 Å². The molecular formula is C21H29O7P. The molecule has 29 heavy (non-hydrogen) atoms. The number of ether oxygens (including phenoxy) is 2. The third kappa shape index (κ3) is 9.70. The molecule has 0 unspecified atom stereocenters. The first-order valence-electron chi connectivity index (χ1n) is 9.46. The molecule has 0 amide bonds. The molecule has 0 fully saturated rings. The number of benzene rings is 1. The van der Waals surface area contributed by atoms with Crippen molar-refractivity contribution in [2.75, 3.05) is 26.4 Å². The van der Waals surface area contributed by atoms with Crippen molar-refractivity contribution in [3.8, 4) is 0 Å². The summed E-state index contributed by atoms with van der Waals surface area (Å²) in [5.74, 6) is -0.947. The number of hydrogen-bond acceptors (Lipinski definition) is 7. The molecule has 0 radical (unpaired) electrons. The standard InChI is InChI=1S/C21H29O7P/c1-4-20(22)25-14-8-10-16-27-29(24,19-13-7-6-12-18(19)3)28-17-11-9-15-26-21(23)5-2/h4-7,12-13H,1-2,8-11,14-17H2,3H3. The largest absolute Gasteiger partial charge is 0.463 e. The number of rotatable bonds is 15. The Morgan fingerprint density at radius 1 is 0.862 bits per heavy atom. The van der Waals surface area contributed by atoms with E-state index < -0.39 is 19.5 Å². The Morgan fingerprint density at radius 3 is 1.76 bits per heavy atom. The second kappa shape index (κ2) is 13.9. The highest BCUT2D eigenvalue weighted by molar-refractivity contribution is 7.62. The van der Waals surface area contributed by atoms with Gasteiger partial charge in [0.15, 0.2) is 0 Å². The van der Waals surface area contributed by atoms with Gasteiger partial charge in [0.25, 0.3) is 0 Å². The van der Waals surface area contributed by atoms with Crippen molar-refractivity contribution in [3.05, 3.63) is 55.1 Å². The first-order chi connectivity index (χ1) is 13.9. The predicted molar refractivity (Wildman–Crippen MR) is 111 cm³/mol. The molecule has 1 aromatic carbocycles. The molecule has 0 heterocycles. The summed E-state index contributed by atoms with van der Waals surface area (Å²) in [6.07, 6.45) is 4.47. The molecule has 7 nitrogen and oxygen atoms in total. The van der Waals surface area contributed by atoms with E-state index in [1.807, 2.05) is 19.1 Å². The van der Waals surface area contributed by atoms with Gasteiger partial charge < -0.3 is 18.5 Å². The van der Waals surface area contributed by atoms with Crippen LogP contribution in [0, 0.1) is 6.92 Å². The van der Waals surface area contributed by atoms with Crippen LogP contribution in [-0.4, -0.2) is 38.4 Å². The zero-order valence-corrected chi connectivity index (χ0v) is 17.7. The summed E-state index contributed by atoms with van der Waals surface area (Å²) in [6.45, 7) is 9.39. The number of esters is 2. The number of unbranched alkanes of at least 4 members (excludes halogenated alkanes) is 2. The lowest BCUT2D eigenvalue weighted by Gasteiger charge is -2.20. The lowest BCUT2D eigenvalue weighted by atomic mass is 10.2. The van der Waals surface area contributed by atoms with Gasteiger partial charge in [-0.3, -0.25) is 4.57 Å². The maximum Gasteiger partial charge on any atom is 0.361 e. The Hall–Kier alpha value is -2.21. The van der Waals surface area contributed by atoms with Crippen LogP contribution in [0.4, 0.5) is 0 Å². The molecule has 0 spiro atoms. The van der Waals surface area contributed by atoms with Gasteiger partial charge >= 0.3 is 19.5 Å². The van der Waals surface area contributed by atoms with Crippen LogP contribution < -0.4 is 5.30 Å². The molecule has 0 aliphatic heterocycles. The van der Waals surface area contributed by atoms with Crippen LogP contribution in [0.2, 0.25) is 0 Å². The molecule has 0 saturated heterocycles. The van der Waals surface area contributed by atoms with Gasteiger partial charge in [0.05, 0.1) is 31.7 Å². The van der Waals surface area contributed by atoms with Gasteiger partial charge in [0.1, 0.15) is 0 Å². The minimum absolute atomic E-state index is 0.203. The molecule has 0 N–H and O–H groups in total. The summed E-state index contributed by atoms with van der Waals surface area (Å²) in [5.41, 5.74) is 0.815. The van der Waals surface area contributed by atoms with Crippen LogP contribution in [0.25, 0.3) is 0 Å². The number of hydrogen-bond donors (Lipinski definition) is 0. The Bertz CT molecular complexity index is 693. The highest BCUT2D eigenvalue weighted by Gasteiger charge is 2.29. The van der Waals surface area contributed by atoms with E-state index in [-0.39, 0.29) is 26.4 Å². The summed E-state index contributed by atoms with van der Waals surface area (Å²) in [5, 5.41) is 0.524. The normalized spacial score (nSPS) is 10.9. The van der Waals surface area contributed by atoms with Crippen molar-refractivity contribution in [3.63, 3.8) is 0 Å². The first kappa shape index (κ1) is 24.8. The second-order valence-electron chi connectivity index (χ2n) is 6.11. The quantitative estimate of drug-likeness (QED) is 0.183. The lowest BCUT2D eigenvalue weighted by molar-refractivity contribution is -0.138. The third-order valence-electron chi connectivity index (χ3n) is 3.83. The van der Waals surface area contributed by atoms with Crippen LogP contribution in [0.5, 0.6) is 0 Å². The molecule has 1 rings (SSSR count). The average Bonchev–Trinajstić information content (AvgIpc) is 2.72. The van der Waals surface area contributed by atoms with Crippen molar-refractivity contribution in [1.82, 2.24) is 0 Å². The fourth-order valence-electron chi connectivity index (χ4n) is 2.29. The van der Waals surface area contributed by atoms with Gasteiger partial charge in [-0.25, -0.2) is 9.59 Å². The summed E-state index contributed by atoms with van der Waals surface area (Å²) in [4.78, 5) is 22.0. The van der Waals surface area contributed by atoms with E-state index in [2.05, 4.69) is 13.2 Å². The smallest absolute Gasteiger partial charge is 0.361 e. The van der Waals surface area contributed by atoms with Crippen molar-refractivity contribution >= 4 is 24.8 Å². The van der Waals surface area contributed by atoms with Gasteiger partial charge in [0, 0.05) is 12.2 Å². The predicted octanol–water partition coefficient (Wildman–Crippen LogP) is 3.87. The Morgan fingerprint density at radius 2 is 1.31 bits per heavy atom. The van der Waals surface area contributed by atoms with Crippen LogP contribution >= 0.6 is 7.60 Å². The van der Waals surface area contributed by atoms with E-state index in [9.17, 15) is 14.2 Å². The molecule has 1 aromatic rings. The molecule has 0 atom stereocenters. The molecule has 0 bridgehead atoms. The van der Waals surface area contributed by atoms with Crippen molar-refractivity contribution < 1.29 is 32.7 Å². The zero-order chi connectivity index (χ0) is 21.5. The van der Waals surface area contributed by atoms with Crippen LogP contribution in [-0.2, 0) is 32.7 Å². The molecule has 160 valence electrons. The molecular weight excluding hydrogens is 395 g/mol. The fraction of sp³-hybridized carbons (Fsp3) is 0.429. The van der Waals surface area contributed by atoms with E-state index in [4.69, 9.17) is 18.5 Å². The van der Waals surface area contributed by atoms with E-state index in [0.717, 1.165) is 17.7 Å². The zero-order valence-electron chi connectivity index (χ0n) is 16.8. The Kier molecular flexibility index (Phi) is 11.9. The number of carbonyl (C=O) groups excluding carboxylic acids is 2.